The number of para-hydroxylation sites is 2. The van der Waals surface area contributed by atoms with Gasteiger partial charge in [0.2, 0.25) is 5.91 Å². The summed E-state index contributed by atoms with van der Waals surface area (Å²) in [6.45, 7) is 3.75. The van der Waals surface area contributed by atoms with Crippen LogP contribution in [0.1, 0.15) is 19.8 Å². The lowest BCUT2D eigenvalue weighted by molar-refractivity contribution is -0.384. The number of nitrogens with zero attached hydrogens (tertiary/aromatic N) is 3. The van der Waals surface area contributed by atoms with E-state index in [0.717, 1.165) is 17.0 Å². The molecular formula is C23H24N4O4S. The number of carbonyl (C=O) groups excluding carboxylic acids is 1. The summed E-state index contributed by atoms with van der Waals surface area (Å²) in [7, 11) is 0. The number of aromatic nitrogens is 1. The first kappa shape index (κ1) is 21.8. The Labute approximate surface area is 190 Å². The molecule has 9 heteroatoms. The zero-order valence-corrected chi connectivity index (χ0v) is 18.5. The van der Waals surface area contributed by atoms with Crippen LogP contribution in [0.4, 0.5) is 16.5 Å². The van der Waals surface area contributed by atoms with E-state index in [1.807, 2.05) is 41.5 Å². The molecule has 1 aliphatic heterocycles. The number of nitro groups is 1. The number of nitrogens with one attached hydrogen (secondary N) is 1. The minimum absolute atomic E-state index is 0.0557. The smallest absolute Gasteiger partial charge is 0.292 e. The summed E-state index contributed by atoms with van der Waals surface area (Å²) in [5.41, 5.74) is 2.47. The summed E-state index contributed by atoms with van der Waals surface area (Å²) in [6, 6.07) is 14.4. The van der Waals surface area contributed by atoms with Crippen molar-refractivity contribution in [3.8, 4) is 17.0 Å². The predicted molar refractivity (Wildman–Crippen MR) is 125 cm³/mol. The summed E-state index contributed by atoms with van der Waals surface area (Å²) < 4.78 is 5.46. The number of rotatable bonds is 7. The molecule has 1 N–H and O–H groups in total. The fraction of sp³-hybridized carbons (Fsp3) is 0.304. The Morgan fingerprint density at radius 1 is 1.22 bits per heavy atom. The van der Waals surface area contributed by atoms with Crippen LogP contribution >= 0.6 is 11.3 Å². The number of benzene rings is 2. The van der Waals surface area contributed by atoms with Crippen molar-refractivity contribution in [3.05, 3.63) is 64.0 Å². The van der Waals surface area contributed by atoms with Crippen LogP contribution < -0.4 is 15.0 Å². The molecule has 2 heterocycles. The molecule has 8 nitrogen and oxygen atoms in total. The minimum atomic E-state index is -0.363. The molecule has 1 amide bonds. The molecule has 0 spiro atoms. The molecule has 1 fully saturated rings. The largest absolute Gasteiger partial charge is 0.494 e. The monoisotopic (exact) mass is 452 g/mol. The van der Waals surface area contributed by atoms with Crippen LogP contribution in [0.25, 0.3) is 11.3 Å². The van der Waals surface area contributed by atoms with Gasteiger partial charge in [-0.05, 0) is 50.1 Å². The van der Waals surface area contributed by atoms with Crippen LogP contribution in [0, 0.1) is 16.0 Å². The van der Waals surface area contributed by atoms with Gasteiger partial charge in [-0.3, -0.25) is 14.9 Å². The predicted octanol–water partition coefficient (Wildman–Crippen LogP) is 4.97. The maximum absolute atomic E-state index is 12.8. The summed E-state index contributed by atoms with van der Waals surface area (Å²) in [6.07, 6.45) is 1.27. The molecule has 0 atom stereocenters. The lowest BCUT2D eigenvalue weighted by atomic mass is 9.95. The first-order valence-corrected chi connectivity index (χ1v) is 11.4. The zero-order chi connectivity index (χ0) is 22.5. The minimum Gasteiger partial charge on any atom is -0.494 e. The summed E-state index contributed by atoms with van der Waals surface area (Å²) >= 11 is 1.39. The van der Waals surface area contributed by atoms with E-state index >= 15 is 0 Å². The van der Waals surface area contributed by atoms with E-state index in [9.17, 15) is 14.9 Å². The Kier molecular flexibility index (Phi) is 6.65. The van der Waals surface area contributed by atoms with Crippen molar-refractivity contribution in [3.63, 3.8) is 0 Å². The molecule has 0 radical (unpaired) electrons. The number of amides is 1. The van der Waals surface area contributed by atoms with Crippen LogP contribution in [0.5, 0.6) is 5.75 Å². The van der Waals surface area contributed by atoms with Gasteiger partial charge in [-0.25, -0.2) is 4.98 Å². The number of ether oxygens (including phenoxy) is 1. The lowest BCUT2D eigenvalue weighted by Gasteiger charge is -2.32. The molecular weight excluding hydrogens is 428 g/mol. The van der Waals surface area contributed by atoms with Gasteiger partial charge >= 0.3 is 0 Å². The highest BCUT2D eigenvalue weighted by atomic mass is 32.1. The fourth-order valence-corrected chi connectivity index (χ4v) is 4.55. The molecule has 0 unspecified atom stereocenters. The van der Waals surface area contributed by atoms with Gasteiger partial charge in [-0.2, -0.15) is 0 Å². The molecule has 0 bridgehead atoms. The van der Waals surface area contributed by atoms with Crippen LogP contribution in [-0.2, 0) is 4.79 Å². The third kappa shape index (κ3) is 4.88. The van der Waals surface area contributed by atoms with Gasteiger partial charge in [0, 0.05) is 36.0 Å². The third-order valence-corrected chi connectivity index (χ3v) is 6.24. The lowest BCUT2D eigenvalue weighted by Crippen LogP contribution is -2.38. The topological polar surface area (TPSA) is 97.6 Å². The summed E-state index contributed by atoms with van der Waals surface area (Å²) in [5.74, 6) is 0.610. The molecule has 1 aliphatic rings. The van der Waals surface area contributed by atoms with Gasteiger partial charge in [0.05, 0.1) is 17.2 Å². The molecule has 2 aromatic carbocycles. The van der Waals surface area contributed by atoms with E-state index in [1.54, 1.807) is 18.2 Å². The van der Waals surface area contributed by atoms with E-state index in [0.29, 0.717) is 43.4 Å². The molecule has 0 saturated carbocycles. The van der Waals surface area contributed by atoms with Gasteiger partial charge in [0.1, 0.15) is 11.4 Å². The SMILES string of the molecule is CCOc1ccc(-c2csc(NC(=O)C3CCN(c4ccccc4[N+](=O)[O-])CC3)n2)cc1. The first-order chi connectivity index (χ1) is 15.5. The highest BCUT2D eigenvalue weighted by Gasteiger charge is 2.28. The van der Waals surface area contributed by atoms with Gasteiger partial charge in [0.25, 0.3) is 5.69 Å². The van der Waals surface area contributed by atoms with Crippen molar-refractivity contribution in [1.29, 1.82) is 0 Å². The second-order valence-electron chi connectivity index (χ2n) is 7.49. The van der Waals surface area contributed by atoms with Crippen molar-refractivity contribution in [2.75, 3.05) is 29.9 Å². The molecule has 32 heavy (non-hydrogen) atoms. The van der Waals surface area contributed by atoms with E-state index < -0.39 is 0 Å². The molecule has 1 saturated heterocycles. The van der Waals surface area contributed by atoms with Crippen molar-refractivity contribution in [2.24, 2.45) is 5.92 Å². The zero-order valence-electron chi connectivity index (χ0n) is 17.7. The summed E-state index contributed by atoms with van der Waals surface area (Å²) in [4.78, 5) is 30.2. The number of carbonyl (C=O) groups is 1. The average Bonchev–Trinajstić information content (AvgIpc) is 3.28. The number of nitro benzene ring substituents is 1. The number of anilines is 2. The highest BCUT2D eigenvalue weighted by molar-refractivity contribution is 7.14. The number of hydrogen-bond donors (Lipinski definition) is 1. The molecule has 1 aromatic heterocycles. The van der Waals surface area contributed by atoms with E-state index in [2.05, 4.69) is 10.3 Å². The number of hydrogen-bond acceptors (Lipinski definition) is 7. The van der Waals surface area contributed by atoms with Gasteiger partial charge in [0.15, 0.2) is 5.13 Å². The normalized spacial score (nSPS) is 14.2. The highest BCUT2D eigenvalue weighted by Crippen LogP contribution is 2.32. The quantitative estimate of drug-likeness (QED) is 0.401. The number of thiazole rings is 1. The Bertz CT molecular complexity index is 1090. The standard InChI is InChI=1S/C23H24N4O4S/c1-2-31-18-9-7-16(8-10-18)19-15-32-23(24-19)25-22(28)17-11-13-26(14-12-17)20-5-3-4-6-21(20)27(29)30/h3-10,15,17H,2,11-14H2,1H3,(H,24,25,28). The Balaban J connectivity index is 1.34. The van der Waals surface area contributed by atoms with Crippen LogP contribution in [-0.4, -0.2) is 35.5 Å². The van der Waals surface area contributed by atoms with E-state index in [1.165, 1.54) is 17.4 Å². The van der Waals surface area contributed by atoms with Gasteiger partial charge in [-0.1, -0.05) is 12.1 Å². The van der Waals surface area contributed by atoms with E-state index in [4.69, 9.17) is 4.74 Å². The molecule has 166 valence electrons. The molecule has 3 aromatic rings. The maximum Gasteiger partial charge on any atom is 0.292 e. The molecule has 4 rings (SSSR count). The van der Waals surface area contributed by atoms with Crippen LogP contribution in [0.15, 0.2) is 53.9 Å². The number of piperidine rings is 1. The van der Waals surface area contributed by atoms with Gasteiger partial charge < -0.3 is 15.0 Å². The van der Waals surface area contributed by atoms with Crippen molar-refractivity contribution in [2.45, 2.75) is 19.8 Å². The second kappa shape index (κ2) is 9.78. The van der Waals surface area contributed by atoms with E-state index in [-0.39, 0.29) is 22.4 Å². The summed E-state index contributed by atoms with van der Waals surface area (Å²) in [5, 5.41) is 16.7. The third-order valence-electron chi connectivity index (χ3n) is 5.48. The Morgan fingerprint density at radius 2 is 1.94 bits per heavy atom. The Morgan fingerprint density at radius 3 is 2.62 bits per heavy atom. The van der Waals surface area contributed by atoms with Crippen molar-refractivity contribution < 1.29 is 14.5 Å². The van der Waals surface area contributed by atoms with Gasteiger partial charge in [-0.15, -0.1) is 11.3 Å². The van der Waals surface area contributed by atoms with Crippen molar-refractivity contribution in [1.82, 2.24) is 4.98 Å². The molecule has 0 aliphatic carbocycles. The fourth-order valence-electron chi connectivity index (χ4n) is 3.83. The first-order valence-electron chi connectivity index (χ1n) is 10.5. The maximum atomic E-state index is 12.8. The Hall–Kier alpha value is -3.46. The van der Waals surface area contributed by atoms with Crippen LogP contribution in [0.2, 0.25) is 0 Å². The van der Waals surface area contributed by atoms with Crippen LogP contribution in [0.3, 0.4) is 0 Å². The second-order valence-corrected chi connectivity index (χ2v) is 8.35. The average molecular weight is 453 g/mol. The van der Waals surface area contributed by atoms with Crippen molar-refractivity contribution >= 4 is 33.8 Å².